The topological polar surface area (TPSA) is 60.1 Å². The van der Waals surface area contributed by atoms with Crippen LogP contribution in [0, 0.1) is 20.8 Å². The number of rotatable bonds is 4. The van der Waals surface area contributed by atoms with Gasteiger partial charge in [0.15, 0.2) is 0 Å². The van der Waals surface area contributed by atoms with E-state index < -0.39 is 0 Å². The smallest absolute Gasteiger partial charge is 0.268 e. The predicted molar refractivity (Wildman–Crippen MR) is 118 cm³/mol. The molecule has 1 amide bonds. The van der Waals surface area contributed by atoms with Crippen LogP contribution in [-0.4, -0.2) is 38.2 Å². The van der Waals surface area contributed by atoms with E-state index in [4.69, 9.17) is 0 Å². The van der Waals surface area contributed by atoms with Crippen molar-refractivity contribution in [3.63, 3.8) is 0 Å². The van der Waals surface area contributed by atoms with Crippen molar-refractivity contribution in [2.45, 2.75) is 46.6 Å². The number of pyridine rings is 1. The molecular weight excluding hydrogens is 376 g/mol. The van der Waals surface area contributed by atoms with Crippen molar-refractivity contribution in [3.8, 4) is 5.69 Å². The maximum Gasteiger partial charge on any atom is 0.268 e. The van der Waals surface area contributed by atoms with E-state index in [1.165, 1.54) is 0 Å². The molecule has 0 aliphatic carbocycles. The summed E-state index contributed by atoms with van der Waals surface area (Å²) in [4.78, 5) is 28.2. The zero-order valence-electron chi connectivity index (χ0n) is 18.2. The molecule has 0 radical (unpaired) electrons. The van der Waals surface area contributed by atoms with Gasteiger partial charge in [-0.2, -0.15) is 5.10 Å². The monoisotopic (exact) mass is 404 g/mol. The second-order valence-electron chi connectivity index (χ2n) is 8.53. The minimum Gasteiger partial charge on any atom is -0.334 e. The zero-order valence-corrected chi connectivity index (χ0v) is 18.2. The molecule has 156 valence electrons. The lowest BCUT2D eigenvalue weighted by Gasteiger charge is -2.39. The van der Waals surface area contributed by atoms with Crippen molar-refractivity contribution in [2.75, 3.05) is 13.1 Å². The largest absolute Gasteiger partial charge is 0.334 e. The zero-order chi connectivity index (χ0) is 21.6. The van der Waals surface area contributed by atoms with Gasteiger partial charge >= 0.3 is 0 Å². The van der Waals surface area contributed by atoms with Crippen LogP contribution in [0.15, 0.2) is 47.4 Å². The Kier molecular flexibility index (Phi) is 5.10. The van der Waals surface area contributed by atoms with Crippen molar-refractivity contribution in [3.05, 3.63) is 81.0 Å². The number of nitrogens with zero attached hydrogens (tertiary/aromatic N) is 4. The molecule has 0 N–H and O–H groups in total. The van der Waals surface area contributed by atoms with Crippen LogP contribution in [0.1, 0.15) is 58.7 Å². The third-order valence-corrected chi connectivity index (χ3v) is 5.87. The molecule has 0 unspecified atom stereocenters. The minimum atomic E-state index is -0.268. The van der Waals surface area contributed by atoms with Gasteiger partial charge in [0, 0.05) is 30.7 Å². The first-order valence-corrected chi connectivity index (χ1v) is 10.4. The maximum absolute atomic E-state index is 13.3. The van der Waals surface area contributed by atoms with Gasteiger partial charge in [-0.05, 0) is 62.1 Å². The van der Waals surface area contributed by atoms with Gasteiger partial charge in [-0.3, -0.25) is 18.8 Å². The van der Waals surface area contributed by atoms with Gasteiger partial charge in [-0.1, -0.05) is 26.0 Å². The molecule has 30 heavy (non-hydrogen) atoms. The Morgan fingerprint density at radius 2 is 1.83 bits per heavy atom. The normalized spacial score (nSPS) is 14.3. The first-order valence-electron chi connectivity index (χ1n) is 10.4. The Bertz CT molecular complexity index is 1170. The standard InChI is InChI=1S/C24H28N4O2/c1-15(2)19-7-6-8-20(12-19)27-10-9-16(3)22(24(27)30)23(29)26-13-21(14-26)28-18(5)11-17(4)25-28/h6-12,15,21H,13-14H2,1-5H3. The summed E-state index contributed by atoms with van der Waals surface area (Å²) in [5.74, 6) is 0.157. The maximum atomic E-state index is 13.3. The lowest BCUT2D eigenvalue weighted by atomic mass is 10.0. The molecule has 3 aromatic rings. The molecule has 6 nitrogen and oxygen atoms in total. The molecule has 4 rings (SSSR count). The lowest BCUT2D eigenvalue weighted by molar-refractivity contribution is 0.0494. The second-order valence-corrected chi connectivity index (χ2v) is 8.53. The minimum absolute atomic E-state index is 0.164. The van der Waals surface area contributed by atoms with Crippen LogP contribution in [0.25, 0.3) is 5.69 Å². The van der Waals surface area contributed by atoms with Crippen LogP contribution in [0.5, 0.6) is 0 Å². The van der Waals surface area contributed by atoms with Gasteiger partial charge in [0.2, 0.25) is 0 Å². The summed E-state index contributed by atoms with van der Waals surface area (Å²) in [5, 5.41) is 4.52. The van der Waals surface area contributed by atoms with Crippen LogP contribution in [0.2, 0.25) is 0 Å². The predicted octanol–water partition coefficient (Wildman–Crippen LogP) is 3.78. The molecular formula is C24H28N4O2. The van der Waals surface area contributed by atoms with Gasteiger partial charge < -0.3 is 4.90 Å². The molecule has 1 aliphatic rings. The fourth-order valence-electron chi connectivity index (χ4n) is 4.07. The Labute approximate surface area is 176 Å². The third kappa shape index (κ3) is 3.47. The van der Waals surface area contributed by atoms with Crippen molar-refractivity contribution >= 4 is 5.91 Å². The second kappa shape index (κ2) is 7.59. The highest BCUT2D eigenvalue weighted by Gasteiger charge is 2.35. The molecule has 1 fully saturated rings. The van der Waals surface area contributed by atoms with E-state index in [1.54, 1.807) is 15.7 Å². The van der Waals surface area contributed by atoms with Gasteiger partial charge in [-0.25, -0.2) is 0 Å². The average Bonchev–Trinajstić information content (AvgIpc) is 2.98. The van der Waals surface area contributed by atoms with Crippen molar-refractivity contribution in [2.24, 2.45) is 0 Å². The summed E-state index contributed by atoms with van der Waals surface area (Å²) < 4.78 is 3.55. The average molecular weight is 405 g/mol. The Hall–Kier alpha value is -3.15. The summed E-state index contributed by atoms with van der Waals surface area (Å²) in [6.45, 7) is 11.2. The summed E-state index contributed by atoms with van der Waals surface area (Å²) in [6, 6.07) is 12.0. The molecule has 0 spiro atoms. The van der Waals surface area contributed by atoms with Crippen LogP contribution in [0.3, 0.4) is 0 Å². The number of amides is 1. The van der Waals surface area contributed by atoms with Crippen molar-refractivity contribution in [1.82, 2.24) is 19.2 Å². The number of aromatic nitrogens is 3. The molecule has 1 aliphatic heterocycles. The quantitative estimate of drug-likeness (QED) is 0.665. The van der Waals surface area contributed by atoms with E-state index >= 15 is 0 Å². The lowest BCUT2D eigenvalue weighted by Crippen LogP contribution is -2.52. The fraction of sp³-hybridized carbons (Fsp3) is 0.375. The van der Waals surface area contributed by atoms with Gasteiger partial charge in [-0.15, -0.1) is 0 Å². The first-order chi connectivity index (χ1) is 14.3. The molecule has 0 bridgehead atoms. The SMILES string of the molecule is Cc1cc(C)n(C2CN(C(=O)c3c(C)ccn(-c4cccc(C(C)C)c4)c3=O)C2)n1. The molecule has 1 aromatic carbocycles. The number of hydrogen-bond acceptors (Lipinski definition) is 3. The Morgan fingerprint density at radius 3 is 2.47 bits per heavy atom. The molecule has 6 heteroatoms. The summed E-state index contributed by atoms with van der Waals surface area (Å²) in [5.41, 5.74) is 4.69. The summed E-state index contributed by atoms with van der Waals surface area (Å²) in [7, 11) is 0. The molecule has 2 aromatic heterocycles. The Morgan fingerprint density at radius 1 is 1.10 bits per heavy atom. The van der Waals surface area contributed by atoms with Crippen molar-refractivity contribution in [1.29, 1.82) is 0 Å². The highest BCUT2D eigenvalue weighted by Crippen LogP contribution is 2.25. The number of benzene rings is 1. The van der Waals surface area contributed by atoms with Crippen LogP contribution in [-0.2, 0) is 0 Å². The fourth-order valence-corrected chi connectivity index (χ4v) is 4.07. The van der Waals surface area contributed by atoms with E-state index in [2.05, 4.69) is 25.0 Å². The van der Waals surface area contributed by atoms with Crippen LogP contribution in [0.4, 0.5) is 0 Å². The van der Waals surface area contributed by atoms with E-state index in [0.29, 0.717) is 24.6 Å². The van der Waals surface area contributed by atoms with Crippen LogP contribution < -0.4 is 5.56 Å². The first kappa shape index (κ1) is 20.1. The Balaban J connectivity index is 1.61. The summed E-state index contributed by atoms with van der Waals surface area (Å²) in [6.07, 6.45) is 1.75. The van der Waals surface area contributed by atoms with Gasteiger partial charge in [0.25, 0.3) is 11.5 Å². The number of aryl methyl sites for hydroxylation is 3. The van der Waals surface area contributed by atoms with E-state index in [1.807, 2.05) is 55.8 Å². The number of hydrogen-bond donors (Lipinski definition) is 0. The third-order valence-electron chi connectivity index (χ3n) is 5.87. The number of carbonyl (C=O) groups is 1. The number of carbonyl (C=O) groups excluding carboxylic acids is 1. The highest BCUT2D eigenvalue weighted by molar-refractivity contribution is 5.95. The van der Waals surface area contributed by atoms with E-state index in [-0.39, 0.29) is 23.1 Å². The van der Waals surface area contributed by atoms with Gasteiger partial charge in [0.05, 0.1) is 11.7 Å². The van der Waals surface area contributed by atoms with Gasteiger partial charge in [0.1, 0.15) is 5.56 Å². The number of likely N-dealkylation sites (tertiary alicyclic amines) is 1. The van der Waals surface area contributed by atoms with E-state index in [0.717, 1.165) is 22.6 Å². The summed E-state index contributed by atoms with van der Waals surface area (Å²) >= 11 is 0. The van der Waals surface area contributed by atoms with Crippen LogP contribution >= 0.6 is 0 Å². The molecule has 0 atom stereocenters. The molecule has 3 heterocycles. The van der Waals surface area contributed by atoms with Crippen molar-refractivity contribution < 1.29 is 4.79 Å². The highest BCUT2D eigenvalue weighted by atomic mass is 16.2. The molecule has 0 saturated carbocycles. The molecule has 1 saturated heterocycles. The van der Waals surface area contributed by atoms with E-state index in [9.17, 15) is 9.59 Å².